The van der Waals surface area contributed by atoms with Crippen LogP contribution < -0.4 is 5.32 Å². The lowest BCUT2D eigenvalue weighted by Gasteiger charge is -2.07. The minimum atomic E-state index is -1.24. The van der Waals surface area contributed by atoms with Crippen LogP contribution in [0, 0.1) is 0 Å². The van der Waals surface area contributed by atoms with Crippen LogP contribution in [0.2, 0.25) is 0 Å². The Morgan fingerprint density at radius 1 is 1.19 bits per heavy atom. The fourth-order valence-electron chi connectivity index (χ4n) is 1.68. The number of thioether (sulfide) groups is 1. The standard InChI is InChI=1S/C14H13N3O3S/c1-21-8-9-2-4-10(5-3-9)13(18)17-12-11(14(19)20)15-6-7-16-12/h2-7H,8H2,1H3,(H,19,20)(H,16,17,18). The number of rotatable bonds is 5. The van der Waals surface area contributed by atoms with E-state index in [0.717, 1.165) is 11.3 Å². The van der Waals surface area contributed by atoms with Crippen molar-refractivity contribution in [3.8, 4) is 0 Å². The van der Waals surface area contributed by atoms with E-state index in [2.05, 4.69) is 15.3 Å². The molecule has 1 amide bonds. The first-order chi connectivity index (χ1) is 10.1. The lowest BCUT2D eigenvalue weighted by molar-refractivity contribution is 0.0691. The van der Waals surface area contributed by atoms with Gasteiger partial charge in [0.1, 0.15) is 0 Å². The first kappa shape index (κ1) is 15.0. The number of carbonyl (C=O) groups is 2. The predicted octanol–water partition coefficient (Wildman–Crippen LogP) is 2.29. The predicted molar refractivity (Wildman–Crippen MR) is 80.6 cm³/mol. The highest BCUT2D eigenvalue weighted by atomic mass is 32.2. The summed E-state index contributed by atoms with van der Waals surface area (Å²) in [5.74, 6) is -0.861. The highest BCUT2D eigenvalue weighted by Gasteiger charge is 2.15. The van der Waals surface area contributed by atoms with Crippen LogP contribution in [-0.4, -0.2) is 33.2 Å². The van der Waals surface area contributed by atoms with E-state index in [1.165, 1.54) is 12.4 Å². The molecule has 1 aromatic heterocycles. The van der Waals surface area contributed by atoms with Crippen molar-refractivity contribution in [2.45, 2.75) is 5.75 Å². The Bertz CT molecular complexity index is 659. The third kappa shape index (κ3) is 3.79. The molecule has 6 nitrogen and oxygen atoms in total. The van der Waals surface area contributed by atoms with Crippen LogP contribution in [-0.2, 0) is 5.75 Å². The van der Waals surface area contributed by atoms with Gasteiger partial charge in [-0.05, 0) is 24.0 Å². The van der Waals surface area contributed by atoms with Gasteiger partial charge in [0.15, 0.2) is 11.5 Å². The molecule has 0 fully saturated rings. The number of hydrogen-bond donors (Lipinski definition) is 2. The number of aromatic carboxylic acids is 1. The molecule has 0 radical (unpaired) electrons. The lowest BCUT2D eigenvalue weighted by Crippen LogP contribution is -2.17. The summed E-state index contributed by atoms with van der Waals surface area (Å²) in [6, 6.07) is 7.11. The Labute approximate surface area is 125 Å². The van der Waals surface area contributed by atoms with Crippen LogP contribution >= 0.6 is 11.8 Å². The number of nitrogens with zero attached hydrogens (tertiary/aromatic N) is 2. The fourth-order valence-corrected chi connectivity index (χ4v) is 2.21. The van der Waals surface area contributed by atoms with Crippen molar-refractivity contribution < 1.29 is 14.7 Å². The Morgan fingerprint density at radius 2 is 1.86 bits per heavy atom. The van der Waals surface area contributed by atoms with Crippen LogP contribution in [0.25, 0.3) is 0 Å². The molecule has 7 heteroatoms. The maximum atomic E-state index is 12.1. The molecule has 0 aliphatic carbocycles. The number of hydrogen-bond acceptors (Lipinski definition) is 5. The van der Waals surface area contributed by atoms with Gasteiger partial charge in [0, 0.05) is 23.7 Å². The van der Waals surface area contributed by atoms with Gasteiger partial charge in [0.2, 0.25) is 0 Å². The Kier molecular flexibility index (Phi) is 4.89. The van der Waals surface area contributed by atoms with Crippen LogP contribution in [0.1, 0.15) is 26.4 Å². The summed E-state index contributed by atoms with van der Waals surface area (Å²) < 4.78 is 0. The molecule has 0 atom stereocenters. The van der Waals surface area contributed by atoms with Crippen molar-refractivity contribution >= 4 is 29.5 Å². The van der Waals surface area contributed by atoms with Crippen molar-refractivity contribution in [3.05, 3.63) is 53.5 Å². The van der Waals surface area contributed by atoms with Crippen molar-refractivity contribution in [2.75, 3.05) is 11.6 Å². The summed E-state index contributed by atoms with van der Waals surface area (Å²) in [5, 5.41) is 11.4. The number of anilines is 1. The summed E-state index contributed by atoms with van der Waals surface area (Å²) in [6.07, 6.45) is 4.59. The summed E-state index contributed by atoms with van der Waals surface area (Å²) in [5.41, 5.74) is 1.26. The second-order valence-corrected chi connectivity index (χ2v) is 5.01. The second kappa shape index (κ2) is 6.85. The maximum absolute atomic E-state index is 12.1. The zero-order valence-corrected chi connectivity index (χ0v) is 12.1. The fraction of sp³-hybridized carbons (Fsp3) is 0.143. The first-order valence-electron chi connectivity index (χ1n) is 6.05. The van der Waals surface area contributed by atoms with Crippen LogP contribution in [0.3, 0.4) is 0 Å². The molecule has 0 bridgehead atoms. The monoisotopic (exact) mass is 303 g/mol. The van der Waals surface area contributed by atoms with E-state index in [1.807, 2.05) is 18.4 Å². The molecule has 21 heavy (non-hydrogen) atoms. The van der Waals surface area contributed by atoms with Crippen LogP contribution in [0.4, 0.5) is 5.82 Å². The lowest BCUT2D eigenvalue weighted by atomic mass is 10.1. The highest BCUT2D eigenvalue weighted by molar-refractivity contribution is 7.97. The minimum Gasteiger partial charge on any atom is -0.476 e. The van der Waals surface area contributed by atoms with Crippen LogP contribution in [0.5, 0.6) is 0 Å². The van der Waals surface area contributed by atoms with Gasteiger partial charge in [0.25, 0.3) is 5.91 Å². The van der Waals surface area contributed by atoms with Crippen molar-refractivity contribution in [1.29, 1.82) is 0 Å². The van der Waals surface area contributed by atoms with Gasteiger partial charge in [-0.25, -0.2) is 14.8 Å². The number of nitrogens with one attached hydrogen (secondary N) is 1. The van der Waals surface area contributed by atoms with Gasteiger partial charge in [-0.2, -0.15) is 11.8 Å². The average Bonchev–Trinajstić information content (AvgIpc) is 2.48. The Balaban J connectivity index is 2.16. The zero-order chi connectivity index (χ0) is 15.2. The SMILES string of the molecule is CSCc1ccc(C(=O)Nc2nccnc2C(=O)O)cc1. The molecular weight excluding hydrogens is 290 g/mol. The topological polar surface area (TPSA) is 92.2 Å². The molecule has 0 aliphatic rings. The van der Waals surface area contributed by atoms with E-state index in [0.29, 0.717) is 5.56 Å². The highest BCUT2D eigenvalue weighted by Crippen LogP contribution is 2.13. The molecule has 2 rings (SSSR count). The molecular formula is C14H13N3O3S. The van der Waals surface area contributed by atoms with E-state index in [4.69, 9.17) is 5.11 Å². The van der Waals surface area contributed by atoms with Crippen molar-refractivity contribution in [1.82, 2.24) is 9.97 Å². The molecule has 0 spiro atoms. The average molecular weight is 303 g/mol. The van der Waals surface area contributed by atoms with E-state index in [-0.39, 0.29) is 11.5 Å². The van der Waals surface area contributed by atoms with Gasteiger partial charge >= 0.3 is 5.97 Å². The van der Waals surface area contributed by atoms with Crippen molar-refractivity contribution in [3.63, 3.8) is 0 Å². The molecule has 0 aliphatic heterocycles. The number of amides is 1. The number of aromatic nitrogens is 2. The molecule has 0 saturated heterocycles. The minimum absolute atomic E-state index is 0.0665. The largest absolute Gasteiger partial charge is 0.476 e. The van der Waals surface area contributed by atoms with E-state index in [9.17, 15) is 9.59 Å². The van der Waals surface area contributed by atoms with E-state index < -0.39 is 11.9 Å². The Morgan fingerprint density at radius 3 is 2.48 bits per heavy atom. The summed E-state index contributed by atoms with van der Waals surface area (Å²) in [7, 11) is 0. The van der Waals surface area contributed by atoms with Gasteiger partial charge in [-0.3, -0.25) is 4.79 Å². The number of carbonyl (C=O) groups excluding carboxylic acids is 1. The smallest absolute Gasteiger partial charge is 0.358 e. The molecule has 2 N–H and O–H groups in total. The van der Waals surface area contributed by atoms with Gasteiger partial charge in [-0.15, -0.1) is 0 Å². The third-order valence-corrected chi connectivity index (χ3v) is 3.28. The van der Waals surface area contributed by atoms with Crippen molar-refractivity contribution in [2.24, 2.45) is 0 Å². The summed E-state index contributed by atoms with van der Waals surface area (Å²) in [6.45, 7) is 0. The molecule has 0 unspecified atom stereocenters. The first-order valence-corrected chi connectivity index (χ1v) is 7.44. The summed E-state index contributed by atoms with van der Waals surface area (Å²) >= 11 is 1.69. The number of carboxylic acids is 1. The molecule has 1 heterocycles. The second-order valence-electron chi connectivity index (χ2n) is 4.14. The molecule has 0 saturated carbocycles. The molecule has 2 aromatic rings. The van der Waals surface area contributed by atoms with Gasteiger partial charge in [0.05, 0.1) is 0 Å². The number of carboxylic acid groups (broad SMARTS) is 1. The number of benzene rings is 1. The van der Waals surface area contributed by atoms with E-state index in [1.54, 1.807) is 23.9 Å². The third-order valence-electron chi connectivity index (χ3n) is 2.66. The van der Waals surface area contributed by atoms with Gasteiger partial charge in [-0.1, -0.05) is 12.1 Å². The van der Waals surface area contributed by atoms with E-state index >= 15 is 0 Å². The molecule has 1 aromatic carbocycles. The van der Waals surface area contributed by atoms with Crippen LogP contribution in [0.15, 0.2) is 36.7 Å². The summed E-state index contributed by atoms with van der Waals surface area (Å²) in [4.78, 5) is 30.6. The normalized spacial score (nSPS) is 10.1. The quantitative estimate of drug-likeness (QED) is 0.880. The molecule has 108 valence electrons. The maximum Gasteiger partial charge on any atom is 0.358 e. The Hall–Kier alpha value is -2.41. The zero-order valence-electron chi connectivity index (χ0n) is 11.2. The van der Waals surface area contributed by atoms with Gasteiger partial charge < -0.3 is 10.4 Å².